The lowest BCUT2D eigenvalue weighted by atomic mass is 10.2. The molecule has 0 aliphatic rings. The van der Waals surface area contributed by atoms with Crippen molar-refractivity contribution in [2.45, 2.75) is 4.90 Å². The number of hydrogen-bond donors (Lipinski definition) is 0. The molecule has 0 spiro atoms. The summed E-state index contributed by atoms with van der Waals surface area (Å²) < 4.78 is 25.3. The molecular formula is C9H9ClN2O3S. The Balaban J connectivity index is 2.93. The van der Waals surface area contributed by atoms with Crippen LogP contribution in [0, 0.1) is 0 Å². The molecule has 1 heterocycles. The standard InChI is InChI=1S/C9H9ClN2O3S/c1-11-8-5-6(16(10,14)15)3-4-7(8)9(13)12(11)2/h3-5H,1-2H3. The average molecular weight is 261 g/mol. The molecule has 16 heavy (non-hydrogen) atoms. The van der Waals surface area contributed by atoms with E-state index >= 15 is 0 Å². The zero-order valence-electron chi connectivity index (χ0n) is 8.64. The minimum absolute atomic E-state index is 0.0112. The Bertz CT molecular complexity index is 727. The predicted octanol–water partition coefficient (Wildman–Crippen LogP) is 0.804. The number of aryl methyl sites for hydroxylation is 1. The molecule has 0 atom stereocenters. The monoisotopic (exact) mass is 260 g/mol. The summed E-state index contributed by atoms with van der Waals surface area (Å²) in [5, 5.41) is 0.467. The summed E-state index contributed by atoms with van der Waals surface area (Å²) in [6.07, 6.45) is 0. The van der Waals surface area contributed by atoms with Crippen molar-refractivity contribution in [3.63, 3.8) is 0 Å². The Morgan fingerprint density at radius 3 is 2.38 bits per heavy atom. The van der Waals surface area contributed by atoms with E-state index in [9.17, 15) is 13.2 Å². The van der Waals surface area contributed by atoms with E-state index in [0.717, 1.165) is 0 Å². The van der Waals surface area contributed by atoms with Crippen LogP contribution in [0.15, 0.2) is 27.9 Å². The van der Waals surface area contributed by atoms with Gasteiger partial charge in [-0.15, -0.1) is 0 Å². The van der Waals surface area contributed by atoms with Gasteiger partial charge in [0, 0.05) is 24.8 Å². The van der Waals surface area contributed by atoms with E-state index in [1.807, 2.05) is 0 Å². The maximum atomic E-state index is 11.7. The van der Waals surface area contributed by atoms with Crippen molar-refractivity contribution in [2.75, 3.05) is 0 Å². The first-order valence-electron chi connectivity index (χ1n) is 4.43. The normalized spacial score (nSPS) is 12.2. The molecule has 0 unspecified atom stereocenters. The number of hydrogen-bond acceptors (Lipinski definition) is 3. The maximum Gasteiger partial charge on any atom is 0.274 e. The van der Waals surface area contributed by atoms with E-state index in [1.54, 1.807) is 18.8 Å². The molecule has 2 rings (SSSR count). The average Bonchev–Trinajstić information content (AvgIpc) is 2.43. The second-order valence-electron chi connectivity index (χ2n) is 3.47. The van der Waals surface area contributed by atoms with Gasteiger partial charge in [0.25, 0.3) is 14.6 Å². The van der Waals surface area contributed by atoms with E-state index in [0.29, 0.717) is 10.9 Å². The van der Waals surface area contributed by atoms with Gasteiger partial charge in [-0.3, -0.25) is 14.2 Å². The highest BCUT2D eigenvalue weighted by Gasteiger charge is 2.14. The SMILES string of the molecule is Cn1c(=O)c2ccc(S(=O)(=O)Cl)cc2n1C. The van der Waals surface area contributed by atoms with Gasteiger partial charge in [0.1, 0.15) is 0 Å². The summed E-state index contributed by atoms with van der Waals surface area (Å²) in [5.74, 6) is 0. The number of nitrogens with zero attached hydrogens (tertiary/aromatic N) is 2. The van der Waals surface area contributed by atoms with Crippen molar-refractivity contribution in [2.24, 2.45) is 14.1 Å². The fourth-order valence-electron chi connectivity index (χ4n) is 1.58. The van der Waals surface area contributed by atoms with Crippen molar-refractivity contribution in [1.82, 2.24) is 9.36 Å². The number of halogens is 1. The Kier molecular flexibility index (Phi) is 2.36. The van der Waals surface area contributed by atoms with E-state index in [1.165, 1.54) is 22.9 Å². The highest BCUT2D eigenvalue weighted by molar-refractivity contribution is 8.13. The summed E-state index contributed by atoms with van der Waals surface area (Å²) in [6.45, 7) is 0. The van der Waals surface area contributed by atoms with Gasteiger partial charge < -0.3 is 0 Å². The van der Waals surface area contributed by atoms with E-state index in [2.05, 4.69) is 0 Å². The van der Waals surface area contributed by atoms with Crippen molar-refractivity contribution in [1.29, 1.82) is 0 Å². The van der Waals surface area contributed by atoms with Crippen LogP contribution in [-0.4, -0.2) is 17.8 Å². The number of fused-ring (bicyclic) bond motifs is 1. The van der Waals surface area contributed by atoms with E-state index in [-0.39, 0.29) is 10.5 Å². The van der Waals surface area contributed by atoms with Crippen molar-refractivity contribution in [3.05, 3.63) is 28.6 Å². The van der Waals surface area contributed by atoms with Crippen molar-refractivity contribution >= 4 is 30.6 Å². The third-order valence-electron chi connectivity index (χ3n) is 2.57. The van der Waals surface area contributed by atoms with Gasteiger partial charge in [-0.05, 0) is 18.2 Å². The molecule has 86 valence electrons. The van der Waals surface area contributed by atoms with Gasteiger partial charge in [-0.25, -0.2) is 8.42 Å². The minimum atomic E-state index is -3.77. The summed E-state index contributed by atoms with van der Waals surface area (Å²) in [7, 11) is 4.75. The van der Waals surface area contributed by atoms with E-state index < -0.39 is 9.05 Å². The Morgan fingerprint density at radius 1 is 1.19 bits per heavy atom. The van der Waals surface area contributed by atoms with Crippen LogP contribution in [0.1, 0.15) is 0 Å². The van der Waals surface area contributed by atoms with Crippen LogP contribution in [0.4, 0.5) is 0 Å². The molecule has 0 saturated carbocycles. The molecular weight excluding hydrogens is 252 g/mol. The molecule has 5 nitrogen and oxygen atoms in total. The first-order valence-corrected chi connectivity index (χ1v) is 6.73. The number of aromatic nitrogens is 2. The van der Waals surface area contributed by atoms with Crippen LogP contribution in [-0.2, 0) is 23.1 Å². The van der Waals surface area contributed by atoms with Crippen LogP contribution in [0.25, 0.3) is 10.9 Å². The molecule has 1 aromatic carbocycles. The summed E-state index contributed by atoms with van der Waals surface area (Å²) in [6, 6.07) is 4.18. The summed E-state index contributed by atoms with van der Waals surface area (Å²) in [4.78, 5) is 11.7. The van der Waals surface area contributed by atoms with Crippen LogP contribution < -0.4 is 5.56 Å². The minimum Gasteiger partial charge on any atom is -0.285 e. The zero-order chi connectivity index (χ0) is 12.1. The van der Waals surface area contributed by atoms with Crippen LogP contribution in [0.3, 0.4) is 0 Å². The van der Waals surface area contributed by atoms with Crippen LogP contribution in [0.5, 0.6) is 0 Å². The zero-order valence-corrected chi connectivity index (χ0v) is 10.2. The fraction of sp³-hybridized carbons (Fsp3) is 0.222. The lowest BCUT2D eigenvalue weighted by Crippen LogP contribution is -2.16. The molecule has 1 aromatic heterocycles. The Morgan fingerprint density at radius 2 is 1.81 bits per heavy atom. The molecule has 0 bridgehead atoms. The van der Waals surface area contributed by atoms with Gasteiger partial charge in [-0.1, -0.05) is 0 Å². The molecule has 2 aromatic rings. The van der Waals surface area contributed by atoms with Crippen LogP contribution >= 0.6 is 10.7 Å². The smallest absolute Gasteiger partial charge is 0.274 e. The highest BCUT2D eigenvalue weighted by Crippen LogP contribution is 2.19. The second kappa shape index (κ2) is 3.36. The van der Waals surface area contributed by atoms with Crippen molar-refractivity contribution in [3.8, 4) is 0 Å². The fourth-order valence-corrected chi connectivity index (χ4v) is 2.35. The summed E-state index contributed by atoms with van der Waals surface area (Å²) in [5.41, 5.74) is 0.366. The first kappa shape index (κ1) is 11.2. The molecule has 0 amide bonds. The van der Waals surface area contributed by atoms with Crippen LogP contribution in [0.2, 0.25) is 0 Å². The third kappa shape index (κ3) is 1.54. The predicted molar refractivity (Wildman–Crippen MR) is 61.2 cm³/mol. The molecule has 0 aliphatic carbocycles. The lowest BCUT2D eigenvalue weighted by Gasteiger charge is -2.00. The molecule has 0 radical (unpaired) electrons. The number of rotatable bonds is 1. The summed E-state index contributed by atoms with van der Waals surface area (Å²) >= 11 is 0. The molecule has 0 fully saturated rings. The lowest BCUT2D eigenvalue weighted by molar-refractivity contribution is 0.594. The quantitative estimate of drug-likeness (QED) is 0.713. The van der Waals surface area contributed by atoms with E-state index in [4.69, 9.17) is 10.7 Å². The highest BCUT2D eigenvalue weighted by atomic mass is 35.7. The topological polar surface area (TPSA) is 61.1 Å². The second-order valence-corrected chi connectivity index (χ2v) is 6.04. The molecule has 0 aliphatic heterocycles. The van der Waals surface area contributed by atoms with Gasteiger partial charge >= 0.3 is 0 Å². The Hall–Kier alpha value is -1.27. The largest absolute Gasteiger partial charge is 0.285 e. The van der Waals surface area contributed by atoms with Gasteiger partial charge in [-0.2, -0.15) is 0 Å². The number of benzene rings is 1. The maximum absolute atomic E-state index is 11.7. The molecule has 0 saturated heterocycles. The van der Waals surface area contributed by atoms with Gasteiger partial charge in [0.15, 0.2) is 0 Å². The van der Waals surface area contributed by atoms with Gasteiger partial charge in [0.05, 0.1) is 15.8 Å². The molecule has 0 N–H and O–H groups in total. The van der Waals surface area contributed by atoms with Gasteiger partial charge in [0.2, 0.25) is 0 Å². The first-order chi connectivity index (χ1) is 7.32. The molecule has 7 heteroatoms. The Labute approximate surface area is 96.3 Å². The third-order valence-corrected chi connectivity index (χ3v) is 3.93. The van der Waals surface area contributed by atoms with Crippen molar-refractivity contribution < 1.29 is 8.42 Å².